The zero-order valence-corrected chi connectivity index (χ0v) is 8.73. The molecule has 0 saturated heterocycles. The smallest absolute Gasteiger partial charge is 0.166 e. The Hall–Kier alpha value is -1.97. The van der Waals surface area contributed by atoms with Crippen molar-refractivity contribution >= 4 is 22.5 Å². The van der Waals surface area contributed by atoms with E-state index in [-0.39, 0.29) is 5.78 Å². The zero-order valence-electron chi connectivity index (χ0n) is 8.73. The predicted octanol–water partition coefficient (Wildman–Crippen LogP) is 1.73. The summed E-state index contributed by atoms with van der Waals surface area (Å²) in [5, 5.41) is 0.775. The monoisotopic (exact) mass is 213 g/mol. The number of nitrogen functional groups attached to an aromatic ring is 1. The molecular formula is C12H11N3O. The zero-order chi connectivity index (χ0) is 11.1. The summed E-state index contributed by atoms with van der Waals surface area (Å²) in [7, 11) is 0. The molecule has 0 bridgehead atoms. The van der Waals surface area contributed by atoms with E-state index in [1.807, 2.05) is 6.07 Å². The maximum Gasteiger partial charge on any atom is 0.166 e. The van der Waals surface area contributed by atoms with E-state index in [0.717, 1.165) is 23.9 Å². The lowest BCUT2D eigenvalue weighted by Gasteiger charge is -2.16. The third kappa shape index (κ3) is 1.19. The topological polar surface area (TPSA) is 68.9 Å². The fraction of sp³-hybridized carbons (Fsp3) is 0.250. The molecule has 0 radical (unpaired) electrons. The van der Waals surface area contributed by atoms with Gasteiger partial charge in [-0.1, -0.05) is 0 Å². The molecule has 3 rings (SSSR count). The largest absolute Gasteiger partial charge is 0.397 e. The van der Waals surface area contributed by atoms with Crippen LogP contribution < -0.4 is 5.73 Å². The van der Waals surface area contributed by atoms with Gasteiger partial charge in [-0.3, -0.25) is 4.79 Å². The van der Waals surface area contributed by atoms with Gasteiger partial charge in [0.2, 0.25) is 0 Å². The van der Waals surface area contributed by atoms with E-state index < -0.39 is 0 Å². The van der Waals surface area contributed by atoms with Crippen LogP contribution in [0.15, 0.2) is 18.3 Å². The maximum absolute atomic E-state index is 11.8. The van der Waals surface area contributed by atoms with Gasteiger partial charge >= 0.3 is 0 Å². The summed E-state index contributed by atoms with van der Waals surface area (Å²) < 4.78 is 0. The van der Waals surface area contributed by atoms with Crippen LogP contribution in [-0.4, -0.2) is 15.8 Å². The summed E-state index contributed by atoms with van der Waals surface area (Å²) in [6.07, 6.45) is 3.94. The number of rotatable bonds is 0. The Balaban J connectivity index is 2.41. The van der Waals surface area contributed by atoms with Crippen molar-refractivity contribution in [3.63, 3.8) is 0 Å². The van der Waals surface area contributed by atoms with Gasteiger partial charge in [0.15, 0.2) is 11.4 Å². The first kappa shape index (κ1) is 9.27. The SMILES string of the molecule is Nc1c2c(nc3ncccc13)CCCC2=O. The Morgan fingerprint density at radius 3 is 3.06 bits per heavy atom. The number of carbonyl (C=O) groups excluding carboxylic acids is 1. The van der Waals surface area contributed by atoms with Crippen LogP contribution in [0.3, 0.4) is 0 Å². The van der Waals surface area contributed by atoms with Crippen LogP contribution in [0.2, 0.25) is 0 Å². The van der Waals surface area contributed by atoms with Gasteiger partial charge in [-0.25, -0.2) is 9.97 Å². The molecule has 0 aromatic carbocycles. The van der Waals surface area contributed by atoms with E-state index in [4.69, 9.17) is 5.73 Å². The Bertz CT molecular complexity index is 592. The molecule has 2 heterocycles. The average molecular weight is 213 g/mol. The first-order valence-electron chi connectivity index (χ1n) is 5.33. The lowest BCUT2D eigenvalue weighted by molar-refractivity contribution is 0.0973. The number of aromatic nitrogens is 2. The maximum atomic E-state index is 11.8. The third-order valence-electron chi connectivity index (χ3n) is 2.97. The summed E-state index contributed by atoms with van der Waals surface area (Å²) in [5.74, 6) is 0.108. The van der Waals surface area contributed by atoms with Gasteiger partial charge in [0.25, 0.3) is 0 Å². The molecule has 0 saturated carbocycles. The number of carbonyl (C=O) groups is 1. The lowest BCUT2D eigenvalue weighted by Crippen LogP contribution is -2.15. The highest BCUT2D eigenvalue weighted by atomic mass is 16.1. The highest BCUT2D eigenvalue weighted by molar-refractivity contribution is 6.08. The highest BCUT2D eigenvalue weighted by Gasteiger charge is 2.23. The molecule has 2 aromatic rings. The summed E-state index contributed by atoms with van der Waals surface area (Å²) >= 11 is 0. The van der Waals surface area contributed by atoms with E-state index in [2.05, 4.69) is 9.97 Å². The molecule has 4 nitrogen and oxygen atoms in total. The summed E-state index contributed by atoms with van der Waals surface area (Å²) in [5.41, 5.74) is 8.62. The van der Waals surface area contributed by atoms with Gasteiger partial charge in [0, 0.05) is 18.0 Å². The molecular weight excluding hydrogens is 202 g/mol. The summed E-state index contributed by atoms with van der Waals surface area (Å²) in [4.78, 5) is 20.4. The normalized spacial score (nSPS) is 15.1. The molecule has 0 aliphatic heterocycles. The number of hydrogen-bond donors (Lipinski definition) is 1. The average Bonchev–Trinajstić information content (AvgIpc) is 2.29. The molecule has 4 heteroatoms. The van der Waals surface area contributed by atoms with Crippen LogP contribution in [0.5, 0.6) is 0 Å². The number of anilines is 1. The second kappa shape index (κ2) is 3.27. The van der Waals surface area contributed by atoms with Crippen LogP contribution >= 0.6 is 0 Å². The Labute approximate surface area is 92.5 Å². The summed E-state index contributed by atoms with van der Waals surface area (Å²) in [6.45, 7) is 0. The molecule has 1 aliphatic rings. The van der Waals surface area contributed by atoms with Crippen LogP contribution in [0.25, 0.3) is 11.0 Å². The van der Waals surface area contributed by atoms with Crippen LogP contribution in [0, 0.1) is 0 Å². The molecule has 1 aliphatic carbocycles. The Kier molecular flexibility index (Phi) is 1.89. The molecule has 0 amide bonds. The molecule has 0 spiro atoms. The van der Waals surface area contributed by atoms with E-state index >= 15 is 0 Å². The highest BCUT2D eigenvalue weighted by Crippen LogP contribution is 2.29. The summed E-state index contributed by atoms with van der Waals surface area (Å²) in [6, 6.07) is 3.66. The van der Waals surface area contributed by atoms with Gasteiger partial charge in [0.05, 0.1) is 16.9 Å². The molecule has 2 aromatic heterocycles. The van der Waals surface area contributed by atoms with Gasteiger partial charge in [0.1, 0.15) is 0 Å². The van der Waals surface area contributed by atoms with Gasteiger partial charge in [-0.2, -0.15) is 0 Å². The van der Waals surface area contributed by atoms with E-state index in [1.54, 1.807) is 12.3 Å². The third-order valence-corrected chi connectivity index (χ3v) is 2.97. The van der Waals surface area contributed by atoms with Gasteiger partial charge in [-0.05, 0) is 25.0 Å². The number of Topliss-reactive ketones (excluding diaryl/α,β-unsaturated/α-hetero) is 1. The number of nitrogens with two attached hydrogens (primary N) is 1. The molecule has 16 heavy (non-hydrogen) atoms. The lowest BCUT2D eigenvalue weighted by atomic mass is 9.92. The minimum atomic E-state index is 0.108. The van der Waals surface area contributed by atoms with E-state index in [1.165, 1.54) is 0 Å². The van der Waals surface area contributed by atoms with Crippen molar-refractivity contribution in [3.8, 4) is 0 Å². The van der Waals surface area contributed by atoms with E-state index in [9.17, 15) is 4.79 Å². The van der Waals surface area contributed by atoms with Crippen LogP contribution in [0.1, 0.15) is 28.9 Å². The number of fused-ring (bicyclic) bond motifs is 2. The first-order valence-corrected chi connectivity index (χ1v) is 5.33. The second-order valence-corrected chi connectivity index (χ2v) is 4.00. The van der Waals surface area contributed by atoms with Crippen molar-refractivity contribution in [2.24, 2.45) is 0 Å². The Morgan fingerprint density at radius 1 is 1.31 bits per heavy atom. The number of ketones is 1. The number of pyridine rings is 2. The molecule has 0 atom stereocenters. The first-order chi connectivity index (χ1) is 7.77. The number of hydrogen-bond acceptors (Lipinski definition) is 4. The fourth-order valence-electron chi connectivity index (χ4n) is 2.20. The quantitative estimate of drug-likeness (QED) is 0.723. The van der Waals surface area contributed by atoms with Gasteiger partial charge < -0.3 is 5.73 Å². The van der Waals surface area contributed by atoms with Crippen molar-refractivity contribution < 1.29 is 4.79 Å². The van der Waals surface area contributed by atoms with E-state index in [0.29, 0.717) is 23.3 Å². The molecule has 80 valence electrons. The molecule has 0 fully saturated rings. The fourth-order valence-corrected chi connectivity index (χ4v) is 2.20. The van der Waals surface area contributed by atoms with Crippen molar-refractivity contribution in [2.45, 2.75) is 19.3 Å². The minimum Gasteiger partial charge on any atom is -0.397 e. The predicted molar refractivity (Wildman–Crippen MR) is 61.2 cm³/mol. The van der Waals surface area contributed by atoms with Crippen LogP contribution in [-0.2, 0) is 6.42 Å². The minimum absolute atomic E-state index is 0.108. The number of nitrogens with zero attached hydrogens (tertiary/aromatic N) is 2. The second-order valence-electron chi connectivity index (χ2n) is 4.00. The molecule has 0 unspecified atom stereocenters. The standard InChI is InChI=1S/C12H11N3O/c13-11-7-3-2-6-14-12(7)15-8-4-1-5-9(16)10(8)11/h2-3,6H,1,4-5H2,(H2,13,14,15). The van der Waals surface area contributed by atoms with Crippen LogP contribution in [0.4, 0.5) is 5.69 Å². The van der Waals surface area contributed by atoms with Crippen molar-refractivity contribution in [1.29, 1.82) is 0 Å². The van der Waals surface area contributed by atoms with Gasteiger partial charge in [-0.15, -0.1) is 0 Å². The van der Waals surface area contributed by atoms with Crippen molar-refractivity contribution in [2.75, 3.05) is 5.73 Å². The van der Waals surface area contributed by atoms with Crippen molar-refractivity contribution in [3.05, 3.63) is 29.6 Å². The van der Waals surface area contributed by atoms with Crippen molar-refractivity contribution in [1.82, 2.24) is 9.97 Å². The Morgan fingerprint density at radius 2 is 2.19 bits per heavy atom. The number of aryl methyl sites for hydroxylation is 1. The molecule has 2 N–H and O–H groups in total.